The second kappa shape index (κ2) is 5.84. The molecule has 1 aromatic heterocycles. The molecule has 1 aliphatic heterocycles. The molecule has 0 spiro atoms. The minimum absolute atomic E-state index is 0. The molecule has 1 unspecified atom stereocenters. The van der Waals surface area contributed by atoms with Crippen LogP contribution in [0.5, 0.6) is 0 Å². The number of nitrogens with zero attached hydrogens (tertiary/aromatic N) is 1. The molecule has 1 N–H and O–H groups in total. The highest BCUT2D eigenvalue weighted by atomic mass is 127. The normalized spacial score (nSPS) is 20.3. The van der Waals surface area contributed by atoms with Gasteiger partial charge >= 0.3 is 0 Å². The number of hydrogen-bond donors (Lipinski definition) is 1. The van der Waals surface area contributed by atoms with E-state index < -0.39 is 0 Å². The Kier molecular flexibility index (Phi) is 5.21. The van der Waals surface area contributed by atoms with E-state index in [1.165, 1.54) is 4.88 Å². The van der Waals surface area contributed by atoms with Gasteiger partial charge in [0, 0.05) is 17.7 Å². The Hall–Kier alpha value is 0.120. The summed E-state index contributed by atoms with van der Waals surface area (Å²) in [5.74, 6) is 0. The Balaban J connectivity index is 0.00000144. The van der Waals surface area contributed by atoms with Gasteiger partial charge in [0.05, 0.1) is 12.6 Å². The summed E-state index contributed by atoms with van der Waals surface area (Å²) in [5, 5.41) is 7.96. The SMILES string of the molecule is CC(C)(C)c1cn(CC2CCCO2)c(=N)s1.I. The van der Waals surface area contributed by atoms with Crippen LogP contribution in [0, 0.1) is 5.41 Å². The van der Waals surface area contributed by atoms with E-state index in [1.807, 2.05) is 4.57 Å². The van der Waals surface area contributed by atoms with Crippen LogP contribution in [0.1, 0.15) is 38.5 Å². The lowest BCUT2D eigenvalue weighted by molar-refractivity contribution is 0.0962. The molecular weight excluding hydrogens is 347 g/mol. The fourth-order valence-corrected chi connectivity index (χ4v) is 2.82. The van der Waals surface area contributed by atoms with Crippen molar-refractivity contribution in [2.75, 3.05) is 6.61 Å². The van der Waals surface area contributed by atoms with E-state index in [9.17, 15) is 0 Å². The topological polar surface area (TPSA) is 38.0 Å². The molecule has 17 heavy (non-hydrogen) atoms. The number of rotatable bonds is 2. The Bertz CT molecular complexity index is 413. The third-order valence-corrected chi connectivity index (χ3v) is 4.27. The first-order valence-electron chi connectivity index (χ1n) is 5.84. The van der Waals surface area contributed by atoms with Crippen LogP contribution in [0.25, 0.3) is 0 Å². The molecule has 0 aromatic carbocycles. The zero-order valence-electron chi connectivity index (χ0n) is 10.7. The van der Waals surface area contributed by atoms with E-state index in [-0.39, 0.29) is 29.4 Å². The third kappa shape index (κ3) is 3.79. The van der Waals surface area contributed by atoms with Gasteiger partial charge < -0.3 is 9.30 Å². The molecule has 1 fully saturated rings. The fourth-order valence-electron chi connectivity index (χ4n) is 1.88. The van der Waals surface area contributed by atoms with Crippen molar-refractivity contribution in [3.05, 3.63) is 15.9 Å². The predicted molar refractivity (Wildman–Crippen MR) is 81.3 cm³/mol. The minimum Gasteiger partial charge on any atom is -0.376 e. The quantitative estimate of drug-likeness (QED) is 0.801. The average Bonchev–Trinajstić information content (AvgIpc) is 2.76. The first-order valence-corrected chi connectivity index (χ1v) is 6.65. The van der Waals surface area contributed by atoms with E-state index in [0.717, 1.165) is 26.0 Å². The van der Waals surface area contributed by atoms with Crippen LogP contribution < -0.4 is 4.80 Å². The summed E-state index contributed by atoms with van der Waals surface area (Å²) in [5.41, 5.74) is 0.141. The van der Waals surface area contributed by atoms with Crippen molar-refractivity contribution in [1.29, 1.82) is 5.41 Å². The van der Waals surface area contributed by atoms with Gasteiger partial charge in [0.1, 0.15) is 0 Å². The smallest absolute Gasteiger partial charge is 0.182 e. The maximum Gasteiger partial charge on any atom is 0.182 e. The molecule has 1 saturated heterocycles. The Morgan fingerprint density at radius 3 is 2.71 bits per heavy atom. The number of ether oxygens (including phenoxy) is 1. The summed E-state index contributed by atoms with van der Waals surface area (Å²) in [7, 11) is 0. The van der Waals surface area contributed by atoms with Gasteiger partial charge in [0.2, 0.25) is 0 Å². The van der Waals surface area contributed by atoms with E-state index in [1.54, 1.807) is 11.3 Å². The first-order chi connectivity index (χ1) is 7.47. The molecule has 1 atom stereocenters. The van der Waals surface area contributed by atoms with Gasteiger partial charge in [0.15, 0.2) is 4.80 Å². The van der Waals surface area contributed by atoms with E-state index >= 15 is 0 Å². The van der Waals surface area contributed by atoms with Crippen molar-refractivity contribution in [3.8, 4) is 0 Å². The molecule has 0 radical (unpaired) electrons. The Morgan fingerprint density at radius 1 is 1.53 bits per heavy atom. The molecule has 1 aromatic rings. The molecule has 2 rings (SSSR count). The van der Waals surface area contributed by atoms with Crippen LogP contribution in [0.3, 0.4) is 0 Å². The maximum atomic E-state index is 7.96. The standard InChI is InChI=1S/C12H20N2OS.HI/c1-12(2,3)10-8-14(11(13)16-10)7-9-5-4-6-15-9;/h8-9,13H,4-7H2,1-3H3;1H. The van der Waals surface area contributed by atoms with Gasteiger partial charge in [0.25, 0.3) is 0 Å². The van der Waals surface area contributed by atoms with Crippen molar-refractivity contribution in [2.24, 2.45) is 0 Å². The van der Waals surface area contributed by atoms with Gasteiger partial charge in [-0.15, -0.1) is 35.3 Å². The van der Waals surface area contributed by atoms with Gasteiger partial charge in [-0.05, 0) is 18.3 Å². The summed E-state index contributed by atoms with van der Waals surface area (Å²) in [4.78, 5) is 1.91. The van der Waals surface area contributed by atoms with Gasteiger partial charge in [-0.25, -0.2) is 0 Å². The molecule has 0 aliphatic carbocycles. The van der Waals surface area contributed by atoms with Crippen LogP contribution in [-0.4, -0.2) is 17.3 Å². The Labute approximate surface area is 124 Å². The lowest BCUT2D eigenvalue weighted by Gasteiger charge is -2.15. The lowest BCUT2D eigenvalue weighted by Crippen LogP contribution is -2.21. The molecule has 98 valence electrons. The van der Waals surface area contributed by atoms with Gasteiger partial charge in [-0.1, -0.05) is 20.8 Å². The highest BCUT2D eigenvalue weighted by Gasteiger charge is 2.20. The minimum atomic E-state index is 0. The molecular formula is C12H21IN2OS. The summed E-state index contributed by atoms with van der Waals surface area (Å²) < 4.78 is 7.64. The number of hydrogen-bond acceptors (Lipinski definition) is 3. The monoisotopic (exact) mass is 368 g/mol. The van der Waals surface area contributed by atoms with Crippen LogP contribution in [0.2, 0.25) is 0 Å². The third-order valence-electron chi connectivity index (χ3n) is 2.90. The van der Waals surface area contributed by atoms with Crippen molar-refractivity contribution in [1.82, 2.24) is 4.57 Å². The summed E-state index contributed by atoms with van der Waals surface area (Å²) in [6.07, 6.45) is 4.73. The molecule has 0 amide bonds. The second-order valence-corrected chi connectivity index (χ2v) is 6.47. The summed E-state index contributed by atoms with van der Waals surface area (Å²) >= 11 is 1.58. The molecule has 5 heteroatoms. The summed E-state index contributed by atoms with van der Waals surface area (Å²) in [6.45, 7) is 8.29. The zero-order valence-corrected chi connectivity index (χ0v) is 13.8. The molecule has 2 heterocycles. The number of nitrogens with one attached hydrogen (secondary N) is 1. The Morgan fingerprint density at radius 2 is 2.24 bits per heavy atom. The van der Waals surface area contributed by atoms with Crippen molar-refractivity contribution < 1.29 is 4.74 Å². The van der Waals surface area contributed by atoms with Crippen molar-refractivity contribution >= 4 is 35.3 Å². The molecule has 3 nitrogen and oxygen atoms in total. The van der Waals surface area contributed by atoms with E-state index in [4.69, 9.17) is 10.1 Å². The highest BCUT2D eigenvalue weighted by Crippen LogP contribution is 2.24. The number of halogens is 1. The van der Waals surface area contributed by atoms with Crippen molar-refractivity contribution in [2.45, 2.75) is 51.7 Å². The van der Waals surface area contributed by atoms with Crippen molar-refractivity contribution in [3.63, 3.8) is 0 Å². The lowest BCUT2D eigenvalue weighted by atomic mass is 9.95. The summed E-state index contributed by atoms with van der Waals surface area (Å²) in [6, 6.07) is 0. The second-order valence-electron chi connectivity index (χ2n) is 5.44. The number of thiazole rings is 1. The van der Waals surface area contributed by atoms with Gasteiger partial charge in [-0.3, -0.25) is 5.41 Å². The van der Waals surface area contributed by atoms with Gasteiger partial charge in [-0.2, -0.15) is 0 Å². The van der Waals surface area contributed by atoms with Crippen LogP contribution >= 0.6 is 35.3 Å². The van der Waals surface area contributed by atoms with E-state index in [2.05, 4.69) is 27.0 Å². The average molecular weight is 368 g/mol. The van der Waals surface area contributed by atoms with E-state index in [0.29, 0.717) is 10.9 Å². The molecule has 0 saturated carbocycles. The molecule has 0 bridgehead atoms. The maximum absolute atomic E-state index is 7.96. The first kappa shape index (κ1) is 15.2. The predicted octanol–water partition coefficient (Wildman–Crippen LogP) is 3.12. The zero-order chi connectivity index (χ0) is 11.8. The highest BCUT2D eigenvalue weighted by molar-refractivity contribution is 14.0. The number of aromatic nitrogens is 1. The largest absolute Gasteiger partial charge is 0.376 e. The fraction of sp³-hybridized carbons (Fsp3) is 0.750. The molecule has 1 aliphatic rings. The van der Waals surface area contributed by atoms with Crippen LogP contribution in [0.15, 0.2) is 6.20 Å². The van der Waals surface area contributed by atoms with Crippen LogP contribution in [-0.2, 0) is 16.7 Å². The van der Waals surface area contributed by atoms with Crippen LogP contribution in [0.4, 0.5) is 0 Å².